The quantitative estimate of drug-likeness (QED) is 0.788. The van der Waals surface area contributed by atoms with Crippen molar-refractivity contribution in [1.29, 1.82) is 0 Å². The molecule has 1 aliphatic rings. The lowest BCUT2D eigenvalue weighted by atomic mass is 10.1. The largest absolute Gasteiger partial charge is 0.478 e. The molecular weight excluding hydrogens is 258 g/mol. The number of anilines is 2. The number of carboxylic acid groups (broad SMARTS) is 1. The van der Waals surface area contributed by atoms with Crippen molar-refractivity contribution < 1.29 is 14.6 Å². The first-order valence-corrected chi connectivity index (χ1v) is 6.79. The summed E-state index contributed by atoms with van der Waals surface area (Å²) in [6, 6.07) is 1.71. The van der Waals surface area contributed by atoms with Crippen molar-refractivity contribution >= 4 is 17.5 Å². The number of methoxy groups -OCH3 is 1. The number of carboxylic acids is 1. The third kappa shape index (κ3) is 3.19. The van der Waals surface area contributed by atoms with Gasteiger partial charge in [-0.2, -0.15) is 0 Å². The number of aromatic nitrogens is 1. The number of hydrogen-bond donors (Lipinski definition) is 2. The normalized spacial score (nSPS) is 15.9. The number of pyridine rings is 1. The summed E-state index contributed by atoms with van der Waals surface area (Å²) in [5.74, 6) is 0.0706. The number of hydrogen-bond acceptors (Lipinski definition) is 5. The van der Waals surface area contributed by atoms with E-state index in [1.54, 1.807) is 7.11 Å². The van der Waals surface area contributed by atoms with Crippen LogP contribution in [0.15, 0.2) is 12.3 Å². The van der Waals surface area contributed by atoms with Gasteiger partial charge in [0.1, 0.15) is 11.4 Å². The first kappa shape index (κ1) is 14.6. The minimum Gasteiger partial charge on any atom is -0.478 e. The molecule has 1 heterocycles. The summed E-state index contributed by atoms with van der Waals surface area (Å²) in [6.45, 7) is 3.25. The second-order valence-corrected chi connectivity index (χ2v) is 5.21. The molecule has 2 rings (SSSR count). The predicted octanol–water partition coefficient (Wildman–Crippen LogP) is 1.61. The standard InChI is InChI=1S/C14H21N3O3/c1-9(10-3-4-10)17(5-6-20-2)13-12(14(18)19)7-11(15)8-16-13/h7-10H,3-6,15H2,1-2H3,(H,18,19). The van der Waals surface area contributed by atoms with Gasteiger partial charge in [-0.25, -0.2) is 9.78 Å². The number of nitrogen functional groups attached to an aromatic ring is 1. The first-order valence-electron chi connectivity index (χ1n) is 6.79. The third-order valence-electron chi connectivity index (χ3n) is 3.72. The zero-order valence-corrected chi connectivity index (χ0v) is 11.9. The van der Waals surface area contributed by atoms with Crippen molar-refractivity contribution in [3.8, 4) is 0 Å². The van der Waals surface area contributed by atoms with E-state index < -0.39 is 5.97 Å². The van der Waals surface area contributed by atoms with Gasteiger partial charge < -0.3 is 20.5 Å². The second-order valence-electron chi connectivity index (χ2n) is 5.21. The van der Waals surface area contributed by atoms with E-state index in [-0.39, 0.29) is 11.6 Å². The molecule has 1 fully saturated rings. The van der Waals surface area contributed by atoms with Gasteiger partial charge in [-0.05, 0) is 31.7 Å². The van der Waals surface area contributed by atoms with Crippen molar-refractivity contribution in [2.24, 2.45) is 5.92 Å². The summed E-state index contributed by atoms with van der Waals surface area (Å²) in [6.07, 6.45) is 3.87. The minimum atomic E-state index is -1.01. The second kappa shape index (κ2) is 6.09. The van der Waals surface area contributed by atoms with E-state index >= 15 is 0 Å². The molecule has 0 aliphatic heterocycles. The molecule has 0 saturated heterocycles. The van der Waals surface area contributed by atoms with Gasteiger partial charge in [0, 0.05) is 19.7 Å². The number of nitrogens with two attached hydrogens (primary N) is 1. The molecule has 3 N–H and O–H groups in total. The van der Waals surface area contributed by atoms with Crippen LogP contribution in [-0.2, 0) is 4.74 Å². The average molecular weight is 279 g/mol. The van der Waals surface area contributed by atoms with Crippen LogP contribution in [0, 0.1) is 5.92 Å². The van der Waals surface area contributed by atoms with Crippen LogP contribution in [0.5, 0.6) is 0 Å². The van der Waals surface area contributed by atoms with Crippen LogP contribution in [0.25, 0.3) is 0 Å². The highest BCUT2D eigenvalue weighted by molar-refractivity contribution is 5.94. The summed E-state index contributed by atoms with van der Waals surface area (Å²) < 4.78 is 5.13. The Morgan fingerprint density at radius 2 is 2.35 bits per heavy atom. The molecule has 0 amide bonds. The monoisotopic (exact) mass is 279 g/mol. The maximum absolute atomic E-state index is 11.4. The van der Waals surface area contributed by atoms with Crippen molar-refractivity contribution in [3.05, 3.63) is 17.8 Å². The van der Waals surface area contributed by atoms with Gasteiger partial charge in [0.2, 0.25) is 0 Å². The summed E-state index contributed by atoms with van der Waals surface area (Å²) in [5, 5.41) is 9.35. The lowest BCUT2D eigenvalue weighted by Crippen LogP contribution is -2.39. The minimum absolute atomic E-state index is 0.147. The molecule has 0 radical (unpaired) electrons. The highest BCUT2D eigenvalue weighted by Gasteiger charge is 2.34. The molecule has 1 atom stereocenters. The maximum atomic E-state index is 11.4. The molecule has 0 aromatic carbocycles. The van der Waals surface area contributed by atoms with E-state index in [9.17, 15) is 9.90 Å². The predicted molar refractivity (Wildman–Crippen MR) is 77.0 cm³/mol. The van der Waals surface area contributed by atoms with Crippen LogP contribution in [0.4, 0.5) is 11.5 Å². The van der Waals surface area contributed by atoms with E-state index in [1.165, 1.54) is 25.1 Å². The lowest BCUT2D eigenvalue weighted by Gasteiger charge is -2.31. The molecule has 110 valence electrons. The Morgan fingerprint density at radius 3 is 2.90 bits per heavy atom. The molecule has 1 unspecified atom stereocenters. The molecule has 6 nitrogen and oxygen atoms in total. The van der Waals surface area contributed by atoms with Gasteiger partial charge in [-0.1, -0.05) is 0 Å². The van der Waals surface area contributed by atoms with Crippen LogP contribution in [0.1, 0.15) is 30.1 Å². The summed E-state index contributed by atoms with van der Waals surface area (Å²) >= 11 is 0. The Balaban J connectivity index is 2.33. The summed E-state index contributed by atoms with van der Waals surface area (Å²) in [4.78, 5) is 17.7. The van der Waals surface area contributed by atoms with Crippen molar-refractivity contribution in [2.45, 2.75) is 25.8 Å². The first-order chi connectivity index (χ1) is 9.54. The number of rotatable bonds is 7. The Morgan fingerprint density at radius 1 is 1.65 bits per heavy atom. The molecule has 1 aromatic rings. The van der Waals surface area contributed by atoms with Gasteiger partial charge in [-0.3, -0.25) is 0 Å². The highest BCUT2D eigenvalue weighted by Crippen LogP contribution is 2.37. The fourth-order valence-electron chi connectivity index (χ4n) is 2.39. The van der Waals surface area contributed by atoms with E-state index in [1.807, 2.05) is 4.90 Å². The molecule has 0 bridgehead atoms. The van der Waals surface area contributed by atoms with Gasteiger partial charge >= 0.3 is 5.97 Å². The zero-order valence-electron chi connectivity index (χ0n) is 11.9. The van der Waals surface area contributed by atoms with E-state index in [4.69, 9.17) is 10.5 Å². The molecule has 0 spiro atoms. The number of aromatic carboxylic acids is 1. The van der Waals surface area contributed by atoms with Crippen LogP contribution < -0.4 is 10.6 Å². The van der Waals surface area contributed by atoms with E-state index in [2.05, 4.69) is 11.9 Å². The van der Waals surface area contributed by atoms with Gasteiger partial charge in [0.15, 0.2) is 0 Å². The molecule has 6 heteroatoms. The molecule has 1 aromatic heterocycles. The van der Waals surface area contributed by atoms with Crippen LogP contribution in [-0.4, -0.2) is 42.4 Å². The Kier molecular flexibility index (Phi) is 4.44. The molecule has 1 saturated carbocycles. The average Bonchev–Trinajstić information content (AvgIpc) is 3.24. The van der Waals surface area contributed by atoms with Gasteiger partial charge in [0.25, 0.3) is 0 Å². The van der Waals surface area contributed by atoms with Crippen LogP contribution in [0.2, 0.25) is 0 Å². The maximum Gasteiger partial charge on any atom is 0.339 e. The fraction of sp³-hybridized carbons (Fsp3) is 0.571. The molecular formula is C14H21N3O3. The lowest BCUT2D eigenvalue weighted by molar-refractivity contribution is 0.0697. The number of ether oxygens (including phenoxy) is 1. The Bertz CT molecular complexity index is 489. The number of carbonyl (C=O) groups is 1. The van der Waals surface area contributed by atoms with Crippen molar-refractivity contribution in [3.63, 3.8) is 0 Å². The Labute approximate surface area is 118 Å². The van der Waals surface area contributed by atoms with Crippen molar-refractivity contribution in [2.75, 3.05) is 30.9 Å². The van der Waals surface area contributed by atoms with Gasteiger partial charge in [-0.15, -0.1) is 0 Å². The smallest absolute Gasteiger partial charge is 0.339 e. The SMILES string of the molecule is COCCN(c1ncc(N)cc1C(=O)O)C(C)C1CC1. The summed E-state index contributed by atoms with van der Waals surface area (Å²) in [5.41, 5.74) is 6.15. The van der Waals surface area contributed by atoms with E-state index in [0.717, 1.165) is 0 Å². The number of nitrogens with zero attached hydrogens (tertiary/aromatic N) is 2. The molecule has 1 aliphatic carbocycles. The highest BCUT2D eigenvalue weighted by atomic mass is 16.5. The van der Waals surface area contributed by atoms with Crippen molar-refractivity contribution in [1.82, 2.24) is 4.98 Å². The summed E-state index contributed by atoms with van der Waals surface area (Å²) in [7, 11) is 1.63. The Hall–Kier alpha value is -1.82. The topological polar surface area (TPSA) is 88.7 Å². The molecule has 20 heavy (non-hydrogen) atoms. The van der Waals surface area contributed by atoms with Crippen LogP contribution >= 0.6 is 0 Å². The van der Waals surface area contributed by atoms with Crippen LogP contribution in [0.3, 0.4) is 0 Å². The van der Waals surface area contributed by atoms with Gasteiger partial charge in [0.05, 0.1) is 18.5 Å². The fourth-order valence-corrected chi connectivity index (χ4v) is 2.39. The van der Waals surface area contributed by atoms with E-state index in [0.29, 0.717) is 30.6 Å². The zero-order chi connectivity index (χ0) is 14.7. The third-order valence-corrected chi connectivity index (χ3v) is 3.72.